The second-order valence-corrected chi connectivity index (χ2v) is 8.81. The van der Waals surface area contributed by atoms with Crippen molar-refractivity contribution in [1.82, 2.24) is 9.88 Å². The Morgan fingerprint density at radius 3 is 2.45 bits per heavy atom. The summed E-state index contributed by atoms with van der Waals surface area (Å²) in [6.07, 6.45) is 9.68. The molecule has 0 aliphatic heterocycles. The van der Waals surface area contributed by atoms with Crippen molar-refractivity contribution in [2.45, 2.75) is 70.4 Å². The van der Waals surface area contributed by atoms with Crippen molar-refractivity contribution in [2.24, 2.45) is 5.92 Å². The summed E-state index contributed by atoms with van der Waals surface area (Å²) in [4.78, 5) is 38.3. The Balaban J connectivity index is 1.67. The average Bonchev–Trinajstić information content (AvgIpc) is 2.80. The quantitative estimate of drug-likeness (QED) is 0.740. The molecular weight excluding hydrogens is 392 g/mol. The highest BCUT2D eigenvalue weighted by molar-refractivity contribution is 5.96. The molecule has 2 N–H and O–H groups in total. The number of carboxylic acids is 1. The predicted octanol–water partition coefficient (Wildman–Crippen LogP) is 3.86. The number of fused-ring (bicyclic) bond motifs is 1. The lowest BCUT2D eigenvalue weighted by molar-refractivity contribution is -0.139. The molecule has 1 aromatic heterocycles. The number of aliphatic carboxylic acids is 1. The Hall–Kier alpha value is -2.89. The van der Waals surface area contributed by atoms with Crippen LogP contribution in [0.25, 0.3) is 0 Å². The van der Waals surface area contributed by atoms with E-state index >= 15 is 0 Å². The van der Waals surface area contributed by atoms with E-state index in [0.717, 1.165) is 49.8 Å². The molecule has 1 saturated carbocycles. The summed E-state index contributed by atoms with van der Waals surface area (Å²) in [5, 5.41) is 12.2. The van der Waals surface area contributed by atoms with E-state index in [1.165, 1.54) is 19.3 Å². The lowest BCUT2D eigenvalue weighted by atomic mass is 9.88. The molecule has 0 radical (unpaired) electrons. The lowest BCUT2D eigenvalue weighted by Crippen LogP contribution is -2.40. The fourth-order valence-electron chi connectivity index (χ4n) is 5.01. The molecular formula is C25H30N2O4. The molecule has 0 saturated heterocycles. The van der Waals surface area contributed by atoms with Crippen LogP contribution >= 0.6 is 0 Å². The Morgan fingerprint density at radius 2 is 1.74 bits per heavy atom. The first kappa shape index (κ1) is 21.3. The van der Waals surface area contributed by atoms with E-state index in [-0.39, 0.29) is 11.1 Å². The number of pyridine rings is 1. The summed E-state index contributed by atoms with van der Waals surface area (Å²) in [5.41, 5.74) is 2.36. The van der Waals surface area contributed by atoms with Crippen LogP contribution in [0.3, 0.4) is 0 Å². The van der Waals surface area contributed by atoms with Gasteiger partial charge in [-0.25, -0.2) is 4.79 Å². The molecule has 31 heavy (non-hydrogen) atoms. The molecule has 2 aliphatic rings. The monoisotopic (exact) mass is 422 g/mol. The average molecular weight is 423 g/mol. The standard InChI is InChI=1S/C25H30N2O4/c28-23(26-22(25(30)31)18-11-5-2-6-12-18)20-15-19-13-7-8-14-21(19)27(24(20)29)16-17-9-3-1-4-10-17/h2,5-6,11-12,15,17,22H,1,3-4,7-10,13-14,16H2,(H,26,28)(H,30,31)/t22-/m0/s1. The minimum absolute atomic E-state index is 0.0543. The third-order valence-corrected chi connectivity index (χ3v) is 6.67. The predicted molar refractivity (Wildman–Crippen MR) is 118 cm³/mol. The minimum atomic E-state index is -1.20. The number of amides is 1. The maximum absolute atomic E-state index is 13.4. The molecule has 1 atom stereocenters. The van der Waals surface area contributed by atoms with Crippen molar-refractivity contribution in [3.63, 3.8) is 0 Å². The maximum Gasteiger partial charge on any atom is 0.330 e. The van der Waals surface area contributed by atoms with E-state index in [9.17, 15) is 19.5 Å². The molecule has 0 spiro atoms. The minimum Gasteiger partial charge on any atom is -0.479 e. The van der Waals surface area contributed by atoms with Crippen molar-refractivity contribution < 1.29 is 14.7 Å². The molecule has 1 amide bonds. The zero-order chi connectivity index (χ0) is 21.8. The fourth-order valence-corrected chi connectivity index (χ4v) is 5.01. The van der Waals surface area contributed by atoms with E-state index in [4.69, 9.17) is 0 Å². The summed E-state index contributed by atoms with van der Waals surface area (Å²) in [6, 6.07) is 9.07. The van der Waals surface area contributed by atoms with Gasteiger partial charge in [-0.15, -0.1) is 0 Å². The van der Waals surface area contributed by atoms with Gasteiger partial charge in [-0.3, -0.25) is 9.59 Å². The van der Waals surface area contributed by atoms with Crippen LogP contribution in [-0.4, -0.2) is 21.6 Å². The fraction of sp³-hybridized carbons (Fsp3) is 0.480. The van der Waals surface area contributed by atoms with E-state index in [1.807, 2.05) is 4.57 Å². The highest BCUT2D eigenvalue weighted by atomic mass is 16.4. The summed E-state index contributed by atoms with van der Waals surface area (Å²) in [5.74, 6) is -1.31. The molecule has 2 aliphatic carbocycles. The topological polar surface area (TPSA) is 88.4 Å². The van der Waals surface area contributed by atoms with Crippen molar-refractivity contribution in [3.8, 4) is 0 Å². The van der Waals surface area contributed by atoms with Gasteiger partial charge in [-0.1, -0.05) is 49.6 Å². The normalized spacial score (nSPS) is 17.5. The number of carboxylic acid groups (broad SMARTS) is 1. The van der Waals surface area contributed by atoms with Gasteiger partial charge in [-0.2, -0.15) is 0 Å². The zero-order valence-corrected chi connectivity index (χ0v) is 17.8. The van der Waals surface area contributed by atoms with Crippen molar-refractivity contribution in [3.05, 3.63) is 69.1 Å². The van der Waals surface area contributed by atoms with Crippen LogP contribution < -0.4 is 10.9 Å². The van der Waals surface area contributed by atoms with Crippen LogP contribution in [0.2, 0.25) is 0 Å². The SMILES string of the molecule is O=C(N[C@H](C(=O)O)c1ccccc1)c1cc2c(n(CC3CCCCC3)c1=O)CCCC2. The number of aromatic nitrogens is 1. The van der Waals surface area contributed by atoms with Gasteiger partial charge in [0, 0.05) is 12.2 Å². The number of carbonyl (C=O) groups excluding carboxylic acids is 1. The van der Waals surface area contributed by atoms with Crippen LogP contribution in [0, 0.1) is 5.92 Å². The summed E-state index contributed by atoms with van der Waals surface area (Å²) in [7, 11) is 0. The van der Waals surface area contributed by atoms with E-state index in [0.29, 0.717) is 18.0 Å². The molecule has 0 unspecified atom stereocenters. The van der Waals surface area contributed by atoms with E-state index in [1.54, 1.807) is 36.4 Å². The molecule has 6 nitrogen and oxygen atoms in total. The zero-order valence-electron chi connectivity index (χ0n) is 17.8. The summed E-state index contributed by atoms with van der Waals surface area (Å²) < 4.78 is 1.83. The first-order valence-electron chi connectivity index (χ1n) is 11.4. The van der Waals surface area contributed by atoms with Crippen molar-refractivity contribution in [2.75, 3.05) is 0 Å². The molecule has 1 aromatic carbocycles. The molecule has 1 fully saturated rings. The summed E-state index contributed by atoms with van der Waals surface area (Å²) in [6.45, 7) is 0.656. The number of rotatable bonds is 6. The lowest BCUT2D eigenvalue weighted by Gasteiger charge is -2.27. The highest BCUT2D eigenvalue weighted by Gasteiger charge is 2.27. The molecule has 2 aromatic rings. The Morgan fingerprint density at radius 1 is 1.03 bits per heavy atom. The maximum atomic E-state index is 13.4. The number of nitrogens with one attached hydrogen (secondary N) is 1. The number of carbonyl (C=O) groups is 2. The number of hydrogen-bond acceptors (Lipinski definition) is 3. The summed E-state index contributed by atoms with van der Waals surface area (Å²) >= 11 is 0. The third kappa shape index (κ3) is 4.73. The smallest absolute Gasteiger partial charge is 0.330 e. The van der Waals surface area contributed by atoms with Crippen LogP contribution in [0.4, 0.5) is 0 Å². The Kier molecular flexibility index (Phi) is 6.54. The van der Waals surface area contributed by atoms with Crippen LogP contribution in [0.5, 0.6) is 0 Å². The van der Waals surface area contributed by atoms with Gasteiger partial charge in [0.2, 0.25) is 0 Å². The molecule has 1 heterocycles. The van der Waals surface area contributed by atoms with Crippen molar-refractivity contribution >= 4 is 11.9 Å². The second kappa shape index (κ2) is 9.50. The van der Waals surface area contributed by atoms with Gasteiger partial charge < -0.3 is 15.0 Å². The Bertz CT molecular complexity index is 1010. The van der Waals surface area contributed by atoms with Gasteiger partial charge in [-0.05, 0) is 61.6 Å². The van der Waals surface area contributed by atoms with Gasteiger partial charge in [0.25, 0.3) is 11.5 Å². The van der Waals surface area contributed by atoms with Crippen LogP contribution in [-0.2, 0) is 24.2 Å². The van der Waals surface area contributed by atoms with E-state index < -0.39 is 17.9 Å². The second-order valence-electron chi connectivity index (χ2n) is 8.81. The first-order chi connectivity index (χ1) is 15.0. The van der Waals surface area contributed by atoms with Gasteiger partial charge in [0.15, 0.2) is 6.04 Å². The van der Waals surface area contributed by atoms with Crippen LogP contribution in [0.15, 0.2) is 41.2 Å². The van der Waals surface area contributed by atoms with Crippen LogP contribution in [0.1, 0.15) is 78.2 Å². The first-order valence-corrected chi connectivity index (χ1v) is 11.4. The molecule has 0 bridgehead atoms. The number of nitrogens with zero attached hydrogens (tertiary/aromatic N) is 1. The number of benzene rings is 1. The third-order valence-electron chi connectivity index (χ3n) is 6.67. The Labute approximate surface area is 182 Å². The highest BCUT2D eigenvalue weighted by Crippen LogP contribution is 2.27. The molecule has 164 valence electrons. The molecule has 4 rings (SSSR count). The van der Waals surface area contributed by atoms with E-state index in [2.05, 4.69) is 5.32 Å². The van der Waals surface area contributed by atoms with Crippen molar-refractivity contribution in [1.29, 1.82) is 0 Å². The van der Waals surface area contributed by atoms with Gasteiger partial charge in [0.05, 0.1) is 0 Å². The number of aryl methyl sites for hydroxylation is 1. The van der Waals surface area contributed by atoms with Gasteiger partial charge in [0.1, 0.15) is 5.56 Å². The number of hydrogen-bond donors (Lipinski definition) is 2. The van der Waals surface area contributed by atoms with Gasteiger partial charge >= 0.3 is 5.97 Å². The largest absolute Gasteiger partial charge is 0.479 e. The molecule has 6 heteroatoms.